The quantitative estimate of drug-likeness (QED) is 0.300. The van der Waals surface area contributed by atoms with E-state index in [2.05, 4.69) is 39.9 Å². The summed E-state index contributed by atoms with van der Waals surface area (Å²) in [6, 6.07) is 15.2. The van der Waals surface area contributed by atoms with Crippen molar-refractivity contribution in [3.05, 3.63) is 93.9 Å². The van der Waals surface area contributed by atoms with Crippen LogP contribution < -0.4 is 10.6 Å². The number of hydrogen-bond donors (Lipinski definition) is 2. The fraction of sp³-hybridized carbons (Fsp3) is 0.269. The van der Waals surface area contributed by atoms with Crippen LogP contribution in [0.2, 0.25) is 0 Å². The molecule has 0 saturated carbocycles. The molecule has 4 rings (SSSR count). The predicted octanol–water partition coefficient (Wildman–Crippen LogP) is 6.24. The van der Waals surface area contributed by atoms with Gasteiger partial charge in [0.25, 0.3) is 0 Å². The van der Waals surface area contributed by atoms with Crippen LogP contribution in [0.15, 0.2) is 54.6 Å². The fourth-order valence-electron chi connectivity index (χ4n) is 3.99. The minimum atomic E-state index is -4.39. The lowest BCUT2D eigenvalue weighted by atomic mass is 10.1. The second-order valence-corrected chi connectivity index (χ2v) is 9.14. The zero-order valence-electron chi connectivity index (χ0n) is 20.4. The molecule has 0 aliphatic carbocycles. The van der Waals surface area contributed by atoms with E-state index in [4.69, 9.17) is 12.2 Å². The zero-order chi connectivity index (χ0) is 26.0. The number of rotatable bonds is 6. The van der Waals surface area contributed by atoms with Gasteiger partial charge in [0.1, 0.15) is 0 Å². The van der Waals surface area contributed by atoms with Crippen molar-refractivity contribution in [3.8, 4) is 0 Å². The van der Waals surface area contributed by atoms with Gasteiger partial charge in [0.05, 0.1) is 35.7 Å². The van der Waals surface area contributed by atoms with Gasteiger partial charge in [-0.1, -0.05) is 36.4 Å². The van der Waals surface area contributed by atoms with Crippen LogP contribution in [-0.4, -0.2) is 24.7 Å². The van der Waals surface area contributed by atoms with Crippen molar-refractivity contribution in [2.75, 3.05) is 10.6 Å². The molecule has 0 bridgehead atoms. The molecule has 2 aromatic carbocycles. The fourth-order valence-corrected chi connectivity index (χ4v) is 4.20. The number of nitrogens with one attached hydrogen (secondary N) is 2. The maximum absolute atomic E-state index is 13.0. The lowest BCUT2D eigenvalue weighted by molar-refractivity contribution is -0.137. The molecule has 0 aliphatic rings. The summed E-state index contributed by atoms with van der Waals surface area (Å²) < 4.78 is 42.7. The van der Waals surface area contributed by atoms with Crippen molar-refractivity contribution >= 4 is 28.8 Å². The van der Waals surface area contributed by atoms with E-state index in [0.29, 0.717) is 23.0 Å². The molecule has 2 N–H and O–H groups in total. The van der Waals surface area contributed by atoms with Gasteiger partial charge in [0.2, 0.25) is 0 Å². The summed E-state index contributed by atoms with van der Waals surface area (Å²) in [5.41, 5.74) is 5.60. The van der Waals surface area contributed by atoms with E-state index in [1.807, 2.05) is 37.6 Å². The second kappa shape index (κ2) is 10.1. The van der Waals surface area contributed by atoms with Crippen LogP contribution in [0, 0.1) is 27.7 Å². The van der Waals surface area contributed by atoms with Gasteiger partial charge in [-0.15, -0.1) is 0 Å². The number of aryl methyl sites for hydroxylation is 3. The largest absolute Gasteiger partial charge is 0.416 e. The summed E-state index contributed by atoms with van der Waals surface area (Å²) >= 11 is 5.50. The average molecular weight is 513 g/mol. The molecule has 6 nitrogen and oxygen atoms in total. The Morgan fingerprint density at radius 2 is 1.64 bits per heavy atom. The maximum atomic E-state index is 13.0. The number of aromatic nitrogens is 4. The SMILES string of the molecule is Cc1ccccc1Cn1nc(C)c(NC(=S)Nc2cc(C)n(Cc3cccc(C(F)(F)F)c3)n2)c1C. The Balaban J connectivity index is 1.44. The molecule has 0 unspecified atom stereocenters. The Bertz CT molecular complexity index is 1400. The van der Waals surface area contributed by atoms with E-state index >= 15 is 0 Å². The first-order valence-electron chi connectivity index (χ1n) is 11.4. The second-order valence-electron chi connectivity index (χ2n) is 8.74. The van der Waals surface area contributed by atoms with E-state index in [9.17, 15) is 13.2 Å². The van der Waals surface area contributed by atoms with Gasteiger partial charge in [-0.05, 0) is 68.7 Å². The van der Waals surface area contributed by atoms with E-state index in [1.54, 1.807) is 16.8 Å². The third-order valence-corrected chi connectivity index (χ3v) is 6.21. The standard InChI is InChI=1S/C26H27F3N6S/c1-16-8-5-6-10-21(16)15-35-19(4)24(18(3)32-35)31-25(36)30-23-12-17(2)34(33-23)14-20-9-7-11-22(13-20)26(27,28)29/h5-13H,14-15H2,1-4H3,(H2,30,31,33,36). The number of alkyl halides is 3. The summed E-state index contributed by atoms with van der Waals surface area (Å²) in [7, 11) is 0. The van der Waals surface area contributed by atoms with E-state index in [0.717, 1.165) is 34.9 Å². The predicted molar refractivity (Wildman–Crippen MR) is 139 cm³/mol. The molecule has 0 fully saturated rings. The molecule has 0 amide bonds. The van der Waals surface area contributed by atoms with Crippen LogP contribution in [0.1, 0.15) is 39.3 Å². The highest BCUT2D eigenvalue weighted by molar-refractivity contribution is 7.80. The minimum Gasteiger partial charge on any atom is -0.329 e. The smallest absolute Gasteiger partial charge is 0.329 e. The first-order valence-corrected chi connectivity index (χ1v) is 11.8. The molecule has 188 valence electrons. The van der Waals surface area contributed by atoms with Crippen molar-refractivity contribution in [2.45, 2.75) is 47.0 Å². The topological polar surface area (TPSA) is 59.7 Å². The van der Waals surface area contributed by atoms with E-state index in [1.165, 1.54) is 17.2 Å². The molecular formula is C26H27F3N6S. The van der Waals surface area contributed by atoms with E-state index < -0.39 is 11.7 Å². The third kappa shape index (κ3) is 5.76. The summed E-state index contributed by atoms with van der Waals surface area (Å²) in [6.45, 7) is 8.68. The van der Waals surface area contributed by atoms with Crippen LogP contribution in [0.5, 0.6) is 0 Å². The molecule has 0 radical (unpaired) electrons. The molecule has 36 heavy (non-hydrogen) atoms. The van der Waals surface area contributed by atoms with Crippen molar-refractivity contribution in [1.82, 2.24) is 19.6 Å². The van der Waals surface area contributed by atoms with Crippen LogP contribution in [0.4, 0.5) is 24.7 Å². The number of nitrogens with zero attached hydrogens (tertiary/aromatic N) is 4. The van der Waals surface area contributed by atoms with Gasteiger partial charge >= 0.3 is 6.18 Å². The molecule has 2 aromatic heterocycles. The third-order valence-electron chi connectivity index (χ3n) is 6.01. The molecular weight excluding hydrogens is 485 g/mol. The lowest BCUT2D eigenvalue weighted by Crippen LogP contribution is -2.20. The van der Waals surface area contributed by atoms with Gasteiger partial charge < -0.3 is 10.6 Å². The van der Waals surface area contributed by atoms with E-state index in [-0.39, 0.29) is 6.54 Å². The Labute approximate surface area is 213 Å². The Hall–Kier alpha value is -3.66. The monoisotopic (exact) mass is 512 g/mol. The van der Waals surface area contributed by atoms with Crippen LogP contribution in [-0.2, 0) is 19.3 Å². The lowest BCUT2D eigenvalue weighted by Gasteiger charge is -2.11. The Morgan fingerprint density at radius 1 is 0.889 bits per heavy atom. The van der Waals surface area contributed by atoms with Gasteiger partial charge in [0.15, 0.2) is 10.9 Å². The van der Waals surface area contributed by atoms with Crippen LogP contribution >= 0.6 is 12.2 Å². The highest BCUT2D eigenvalue weighted by Gasteiger charge is 2.30. The highest BCUT2D eigenvalue weighted by Crippen LogP contribution is 2.30. The first kappa shape index (κ1) is 25.4. The number of anilines is 2. The van der Waals surface area contributed by atoms with Gasteiger partial charge in [-0.3, -0.25) is 9.36 Å². The molecule has 4 aromatic rings. The number of hydrogen-bond acceptors (Lipinski definition) is 3. The van der Waals surface area contributed by atoms with Crippen molar-refractivity contribution in [3.63, 3.8) is 0 Å². The number of benzene rings is 2. The number of halogens is 3. The molecule has 0 aliphatic heterocycles. The first-order chi connectivity index (χ1) is 17.0. The molecule has 0 spiro atoms. The Morgan fingerprint density at radius 3 is 2.36 bits per heavy atom. The van der Waals surface area contributed by atoms with Crippen molar-refractivity contribution in [1.29, 1.82) is 0 Å². The normalized spacial score (nSPS) is 11.5. The summed E-state index contributed by atoms with van der Waals surface area (Å²) in [5, 5.41) is 15.8. The van der Waals surface area contributed by atoms with Crippen molar-refractivity contribution < 1.29 is 13.2 Å². The molecule has 0 atom stereocenters. The Kier molecular flexibility index (Phi) is 7.16. The highest BCUT2D eigenvalue weighted by atomic mass is 32.1. The summed E-state index contributed by atoms with van der Waals surface area (Å²) in [4.78, 5) is 0. The average Bonchev–Trinajstić information content (AvgIpc) is 3.27. The zero-order valence-corrected chi connectivity index (χ0v) is 21.3. The summed E-state index contributed by atoms with van der Waals surface area (Å²) in [6.07, 6.45) is -4.39. The van der Waals surface area contributed by atoms with Gasteiger partial charge in [-0.25, -0.2) is 0 Å². The molecule has 10 heteroatoms. The van der Waals surface area contributed by atoms with Crippen molar-refractivity contribution in [2.24, 2.45) is 0 Å². The van der Waals surface area contributed by atoms with Crippen LogP contribution in [0.25, 0.3) is 0 Å². The minimum absolute atomic E-state index is 0.210. The molecule has 0 saturated heterocycles. The van der Waals surface area contributed by atoms with Crippen LogP contribution in [0.3, 0.4) is 0 Å². The summed E-state index contributed by atoms with van der Waals surface area (Å²) in [5.74, 6) is 0.500. The molecule has 2 heterocycles. The van der Waals surface area contributed by atoms with Gasteiger partial charge in [-0.2, -0.15) is 23.4 Å². The van der Waals surface area contributed by atoms with Gasteiger partial charge in [0, 0.05) is 11.8 Å². The maximum Gasteiger partial charge on any atom is 0.416 e. The number of thiocarbonyl (C=S) groups is 1.